The number of hydrogen-bond donors (Lipinski definition) is 1. The number of aromatic nitrogens is 2. The van der Waals surface area contributed by atoms with Crippen molar-refractivity contribution in [2.75, 3.05) is 13.1 Å². The molecule has 24 heavy (non-hydrogen) atoms. The minimum atomic E-state index is -4.66. The summed E-state index contributed by atoms with van der Waals surface area (Å²) in [5.41, 5.74) is 1.52. The molecular formula is C15H14F3N3O3. The van der Waals surface area contributed by atoms with Crippen molar-refractivity contribution in [3.8, 4) is 0 Å². The Labute approximate surface area is 134 Å². The molecule has 2 heterocycles. The van der Waals surface area contributed by atoms with Crippen LogP contribution in [0.5, 0.6) is 0 Å². The number of halogens is 3. The van der Waals surface area contributed by atoms with E-state index in [1.54, 1.807) is 24.0 Å². The predicted molar refractivity (Wildman–Crippen MR) is 77.3 cm³/mol. The monoisotopic (exact) mass is 341 g/mol. The van der Waals surface area contributed by atoms with Crippen LogP contribution in [0.25, 0.3) is 11.0 Å². The average molecular weight is 341 g/mol. The normalized spacial score (nSPS) is 21.4. The van der Waals surface area contributed by atoms with Gasteiger partial charge in [-0.15, -0.1) is 0 Å². The quantitative estimate of drug-likeness (QED) is 0.905. The van der Waals surface area contributed by atoms with Gasteiger partial charge in [-0.1, -0.05) is 0 Å². The smallest absolute Gasteiger partial charge is 0.394 e. The van der Waals surface area contributed by atoms with Crippen molar-refractivity contribution in [3.63, 3.8) is 0 Å². The van der Waals surface area contributed by atoms with Gasteiger partial charge < -0.3 is 14.6 Å². The number of nitrogens with zero attached hydrogens (tertiary/aromatic N) is 3. The minimum absolute atomic E-state index is 0.188. The van der Waals surface area contributed by atoms with E-state index in [9.17, 15) is 22.8 Å². The maximum atomic E-state index is 13.0. The summed E-state index contributed by atoms with van der Waals surface area (Å²) < 4.78 is 40.8. The van der Waals surface area contributed by atoms with Gasteiger partial charge in [-0.2, -0.15) is 13.2 Å². The van der Waals surface area contributed by atoms with E-state index in [1.165, 1.54) is 12.1 Å². The fourth-order valence-electron chi connectivity index (χ4n) is 3.00. The second-order valence-corrected chi connectivity index (χ2v) is 5.86. The topological polar surface area (TPSA) is 75.4 Å². The number of rotatable bonds is 2. The van der Waals surface area contributed by atoms with Gasteiger partial charge in [0.25, 0.3) is 5.91 Å². The Bertz CT molecular complexity index is 815. The number of fused-ring (bicyclic) bond motifs is 1. The van der Waals surface area contributed by atoms with Gasteiger partial charge in [0, 0.05) is 25.7 Å². The molecule has 1 aromatic heterocycles. The maximum Gasteiger partial charge on any atom is 0.394 e. The maximum absolute atomic E-state index is 13.0. The first-order valence-corrected chi connectivity index (χ1v) is 7.18. The lowest BCUT2D eigenvalue weighted by Crippen LogP contribution is -2.34. The number of likely N-dealkylation sites (tertiary alicyclic amines) is 1. The first kappa shape index (κ1) is 16.3. The van der Waals surface area contributed by atoms with E-state index in [0.717, 1.165) is 10.4 Å². The molecule has 0 saturated carbocycles. The average Bonchev–Trinajstić information content (AvgIpc) is 3.10. The van der Waals surface area contributed by atoms with Gasteiger partial charge in [0.05, 0.1) is 29.2 Å². The molecule has 0 unspecified atom stereocenters. The highest BCUT2D eigenvalue weighted by atomic mass is 19.4. The van der Waals surface area contributed by atoms with Gasteiger partial charge in [-0.25, -0.2) is 4.98 Å². The van der Waals surface area contributed by atoms with Crippen LogP contribution in [0, 0.1) is 11.8 Å². The zero-order valence-corrected chi connectivity index (χ0v) is 12.6. The first-order chi connectivity index (χ1) is 11.2. The van der Waals surface area contributed by atoms with Crippen LogP contribution in [0.1, 0.15) is 10.4 Å². The Morgan fingerprint density at radius 1 is 1.29 bits per heavy atom. The number of carbonyl (C=O) groups is 2. The van der Waals surface area contributed by atoms with E-state index in [2.05, 4.69) is 4.98 Å². The lowest BCUT2D eigenvalue weighted by molar-refractivity contribution is -0.187. The summed E-state index contributed by atoms with van der Waals surface area (Å²) >= 11 is 0. The molecule has 3 rings (SSSR count). The van der Waals surface area contributed by atoms with Crippen molar-refractivity contribution in [1.82, 2.24) is 14.5 Å². The molecular weight excluding hydrogens is 327 g/mol. The molecule has 2 aromatic rings. The molecule has 1 amide bonds. The van der Waals surface area contributed by atoms with Crippen LogP contribution >= 0.6 is 0 Å². The molecule has 1 aliphatic rings. The van der Waals surface area contributed by atoms with Crippen LogP contribution in [0.15, 0.2) is 24.5 Å². The van der Waals surface area contributed by atoms with Crippen LogP contribution < -0.4 is 0 Å². The van der Waals surface area contributed by atoms with Crippen LogP contribution in [0.4, 0.5) is 13.2 Å². The minimum Gasteiger partial charge on any atom is -0.481 e. The number of hydrogen-bond acceptors (Lipinski definition) is 3. The van der Waals surface area contributed by atoms with Gasteiger partial charge >= 0.3 is 12.1 Å². The number of amides is 1. The fourth-order valence-corrected chi connectivity index (χ4v) is 3.00. The molecule has 128 valence electrons. The fraction of sp³-hybridized carbons (Fsp3) is 0.400. The molecule has 1 aromatic carbocycles. The Morgan fingerprint density at radius 2 is 2.00 bits per heavy atom. The molecule has 0 radical (unpaired) electrons. The summed E-state index contributed by atoms with van der Waals surface area (Å²) in [6.45, 7) is -1.11. The van der Waals surface area contributed by atoms with Gasteiger partial charge in [0.1, 0.15) is 0 Å². The lowest BCUT2D eigenvalue weighted by atomic mass is 9.96. The summed E-state index contributed by atoms with van der Waals surface area (Å²) in [6, 6.07) is 4.65. The van der Waals surface area contributed by atoms with Crippen LogP contribution in [0.3, 0.4) is 0 Å². The summed E-state index contributed by atoms with van der Waals surface area (Å²) in [5, 5.41) is 9.01. The van der Waals surface area contributed by atoms with E-state index in [1.807, 2.05) is 0 Å². The lowest BCUT2D eigenvalue weighted by Gasteiger charge is -2.18. The van der Waals surface area contributed by atoms with Gasteiger partial charge in [-0.05, 0) is 18.2 Å². The molecule has 0 aliphatic carbocycles. The molecule has 2 atom stereocenters. The molecule has 0 spiro atoms. The summed E-state index contributed by atoms with van der Waals surface area (Å²) in [5.74, 6) is -5.88. The summed E-state index contributed by atoms with van der Waals surface area (Å²) in [6.07, 6.45) is -3.10. The van der Waals surface area contributed by atoms with Crippen molar-refractivity contribution in [3.05, 3.63) is 30.1 Å². The largest absolute Gasteiger partial charge is 0.481 e. The third-order valence-corrected chi connectivity index (χ3v) is 4.32. The molecule has 1 saturated heterocycles. The Kier molecular flexibility index (Phi) is 3.73. The summed E-state index contributed by atoms with van der Waals surface area (Å²) in [4.78, 5) is 28.6. The molecule has 1 N–H and O–H groups in total. The van der Waals surface area contributed by atoms with E-state index < -0.39 is 43.0 Å². The number of benzene rings is 1. The predicted octanol–water partition coefficient (Wildman–Crippen LogP) is 1.91. The second kappa shape index (κ2) is 5.50. The van der Waals surface area contributed by atoms with Crippen molar-refractivity contribution in [1.29, 1.82) is 0 Å². The number of carbonyl (C=O) groups excluding carboxylic acids is 1. The van der Waals surface area contributed by atoms with E-state index in [4.69, 9.17) is 5.11 Å². The Balaban J connectivity index is 1.87. The third kappa shape index (κ3) is 2.70. The zero-order chi connectivity index (χ0) is 17.6. The number of carboxylic acid groups (broad SMARTS) is 1. The molecule has 6 nitrogen and oxygen atoms in total. The van der Waals surface area contributed by atoms with Crippen LogP contribution in [-0.2, 0) is 11.8 Å². The highest BCUT2D eigenvalue weighted by Gasteiger charge is 2.53. The highest BCUT2D eigenvalue weighted by Crippen LogP contribution is 2.38. The van der Waals surface area contributed by atoms with Crippen molar-refractivity contribution < 1.29 is 27.9 Å². The number of alkyl halides is 3. The standard InChI is InChI=1S/C15H14F3N3O3/c1-20-7-19-11-4-8(2-3-12(11)20)13(22)21-5-9(14(23)24)10(6-21)15(16,17)18/h2-4,7,9-10H,5-6H2,1H3,(H,23,24)/t9-,10-/m1/s1. The SMILES string of the molecule is Cn1cnc2cc(C(=O)N3C[C@@H](C(F)(F)F)[C@H](C(=O)O)C3)ccc21. The Morgan fingerprint density at radius 3 is 2.58 bits per heavy atom. The third-order valence-electron chi connectivity index (χ3n) is 4.32. The molecule has 0 bridgehead atoms. The number of aryl methyl sites for hydroxylation is 1. The van der Waals surface area contributed by atoms with Crippen molar-refractivity contribution in [2.45, 2.75) is 6.18 Å². The van der Waals surface area contributed by atoms with Crippen molar-refractivity contribution >= 4 is 22.9 Å². The highest BCUT2D eigenvalue weighted by molar-refractivity contribution is 5.97. The zero-order valence-electron chi connectivity index (χ0n) is 12.6. The van der Waals surface area contributed by atoms with E-state index >= 15 is 0 Å². The first-order valence-electron chi connectivity index (χ1n) is 7.18. The number of carboxylic acids is 1. The number of aliphatic carboxylic acids is 1. The van der Waals surface area contributed by atoms with E-state index in [0.29, 0.717) is 5.52 Å². The molecule has 9 heteroatoms. The summed E-state index contributed by atoms with van der Waals surface area (Å²) in [7, 11) is 1.78. The van der Waals surface area contributed by atoms with Gasteiger partial charge in [0.2, 0.25) is 0 Å². The number of imidazole rings is 1. The second-order valence-electron chi connectivity index (χ2n) is 5.86. The molecule has 1 fully saturated rings. The van der Waals surface area contributed by atoms with E-state index in [-0.39, 0.29) is 5.56 Å². The van der Waals surface area contributed by atoms with Crippen LogP contribution in [0.2, 0.25) is 0 Å². The molecule has 1 aliphatic heterocycles. The van der Waals surface area contributed by atoms with Gasteiger partial charge in [-0.3, -0.25) is 9.59 Å². The van der Waals surface area contributed by atoms with Crippen molar-refractivity contribution in [2.24, 2.45) is 18.9 Å². The Hall–Kier alpha value is -2.58. The van der Waals surface area contributed by atoms with Crippen LogP contribution in [-0.4, -0.2) is 50.7 Å². The van der Waals surface area contributed by atoms with Gasteiger partial charge in [0.15, 0.2) is 0 Å².